The summed E-state index contributed by atoms with van der Waals surface area (Å²) in [6, 6.07) is 8.15. The second kappa shape index (κ2) is 9.30. The van der Waals surface area contributed by atoms with Crippen molar-refractivity contribution in [3.8, 4) is 0 Å². The van der Waals surface area contributed by atoms with Gasteiger partial charge < -0.3 is 10.2 Å². The number of benzene rings is 1. The van der Waals surface area contributed by atoms with Gasteiger partial charge in [0.05, 0.1) is 40.3 Å². The lowest BCUT2D eigenvalue weighted by Crippen LogP contribution is -2.39. The fourth-order valence-corrected chi connectivity index (χ4v) is 4.58. The third kappa shape index (κ3) is 4.53. The number of alkyl halides is 3. The van der Waals surface area contributed by atoms with Crippen molar-refractivity contribution in [1.29, 1.82) is 0 Å². The molecule has 1 saturated heterocycles. The number of pyridine rings is 1. The molecular formula is C24H20ClF3N6O2. The Morgan fingerprint density at radius 3 is 2.56 bits per heavy atom. The quantitative estimate of drug-likeness (QED) is 0.417. The lowest BCUT2D eigenvalue weighted by atomic mass is 10.0. The molecule has 0 saturated carbocycles. The van der Waals surface area contributed by atoms with E-state index in [0.717, 1.165) is 6.07 Å². The minimum Gasteiger partial charge on any atom is -0.338 e. The van der Waals surface area contributed by atoms with Gasteiger partial charge in [0.2, 0.25) is 0 Å². The molecule has 4 heterocycles. The number of nitrogens with zero attached hydrogens (tertiary/aromatic N) is 5. The van der Waals surface area contributed by atoms with E-state index in [2.05, 4.69) is 15.4 Å². The number of hydrogen-bond donors (Lipinski definition) is 1. The first-order valence-electron chi connectivity index (χ1n) is 11.1. The highest BCUT2D eigenvalue weighted by Gasteiger charge is 2.36. The molecule has 0 atom stereocenters. The molecule has 1 fully saturated rings. The van der Waals surface area contributed by atoms with Crippen LogP contribution in [0.1, 0.15) is 45.3 Å². The molecule has 1 aliphatic rings. The standard InChI is InChI=1S/C24H20ClF3N6O2/c25-19-6-3-9-33-20(13-29-21(19)33)22(35)31-15-12-30-34(14-15)16-7-10-32(11-8-16)23(36)17-4-1-2-5-18(17)24(26,27)28/h1-6,9,12-14,16H,7-8,10-11H2,(H,31,35). The van der Waals surface area contributed by atoms with Crippen molar-refractivity contribution in [3.05, 3.63) is 83.0 Å². The van der Waals surface area contributed by atoms with Crippen LogP contribution in [-0.2, 0) is 6.18 Å². The fraction of sp³-hybridized carbons (Fsp3) is 0.250. The number of halogens is 4. The second-order valence-electron chi connectivity index (χ2n) is 8.42. The Labute approximate surface area is 208 Å². The number of anilines is 1. The maximum Gasteiger partial charge on any atom is 0.417 e. The van der Waals surface area contributed by atoms with Crippen LogP contribution in [-0.4, -0.2) is 49.0 Å². The average molecular weight is 517 g/mol. The molecule has 8 nitrogen and oxygen atoms in total. The van der Waals surface area contributed by atoms with Crippen molar-refractivity contribution >= 4 is 34.7 Å². The van der Waals surface area contributed by atoms with E-state index >= 15 is 0 Å². The summed E-state index contributed by atoms with van der Waals surface area (Å²) in [7, 11) is 0. The molecule has 3 aromatic heterocycles. The monoisotopic (exact) mass is 516 g/mol. The Bertz CT molecular complexity index is 1440. The summed E-state index contributed by atoms with van der Waals surface area (Å²) >= 11 is 6.11. The molecule has 12 heteroatoms. The minimum atomic E-state index is -4.60. The van der Waals surface area contributed by atoms with Crippen LogP contribution in [0.5, 0.6) is 0 Å². The summed E-state index contributed by atoms with van der Waals surface area (Å²) in [5.74, 6) is -1.02. The number of nitrogens with one attached hydrogen (secondary N) is 1. The zero-order valence-corrected chi connectivity index (χ0v) is 19.5. The molecule has 5 rings (SSSR count). The molecule has 2 amide bonds. The van der Waals surface area contributed by atoms with Crippen LogP contribution in [0, 0.1) is 0 Å². The number of aromatic nitrogens is 4. The van der Waals surface area contributed by atoms with Gasteiger partial charge >= 0.3 is 6.18 Å². The Kier molecular flexibility index (Phi) is 6.17. The number of fused-ring (bicyclic) bond motifs is 1. The summed E-state index contributed by atoms with van der Waals surface area (Å²) in [6.07, 6.45) is 2.76. The van der Waals surface area contributed by atoms with Crippen LogP contribution in [0.25, 0.3) is 5.65 Å². The van der Waals surface area contributed by atoms with Gasteiger partial charge in [-0.15, -0.1) is 0 Å². The molecule has 0 spiro atoms. The summed E-state index contributed by atoms with van der Waals surface area (Å²) in [4.78, 5) is 31.2. The van der Waals surface area contributed by atoms with Gasteiger partial charge in [0.1, 0.15) is 5.69 Å². The van der Waals surface area contributed by atoms with Crippen molar-refractivity contribution in [2.45, 2.75) is 25.1 Å². The number of hydrogen-bond acceptors (Lipinski definition) is 4. The van der Waals surface area contributed by atoms with E-state index in [0.29, 0.717) is 48.0 Å². The first-order valence-corrected chi connectivity index (χ1v) is 11.5. The van der Waals surface area contributed by atoms with Crippen LogP contribution in [0.15, 0.2) is 61.2 Å². The number of rotatable bonds is 4. The Balaban J connectivity index is 1.23. The van der Waals surface area contributed by atoms with Gasteiger partial charge in [-0.25, -0.2) is 4.98 Å². The Hall–Kier alpha value is -3.86. The Morgan fingerprint density at radius 1 is 1.06 bits per heavy atom. The number of carbonyl (C=O) groups excluding carboxylic acids is 2. The number of imidazole rings is 1. The van der Waals surface area contributed by atoms with Crippen molar-refractivity contribution < 1.29 is 22.8 Å². The molecular weight excluding hydrogens is 497 g/mol. The first-order chi connectivity index (χ1) is 17.2. The zero-order valence-electron chi connectivity index (χ0n) is 18.7. The molecule has 0 bridgehead atoms. The van der Waals surface area contributed by atoms with Crippen LogP contribution < -0.4 is 5.32 Å². The van der Waals surface area contributed by atoms with Crippen LogP contribution in [0.2, 0.25) is 5.02 Å². The van der Waals surface area contributed by atoms with Crippen LogP contribution >= 0.6 is 11.6 Å². The van der Waals surface area contributed by atoms with E-state index < -0.39 is 17.6 Å². The van der Waals surface area contributed by atoms with E-state index in [4.69, 9.17) is 11.6 Å². The van der Waals surface area contributed by atoms with Crippen molar-refractivity contribution in [2.75, 3.05) is 18.4 Å². The molecule has 36 heavy (non-hydrogen) atoms. The lowest BCUT2D eigenvalue weighted by Gasteiger charge is -2.32. The van der Waals surface area contributed by atoms with Crippen LogP contribution in [0.3, 0.4) is 0 Å². The average Bonchev–Trinajstić information content (AvgIpc) is 3.51. The SMILES string of the molecule is O=C(Nc1cnn(C2CCN(C(=O)c3ccccc3C(F)(F)F)CC2)c1)c1cnc2c(Cl)cccn12. The second-order valence-corrected chi connectivity index (χ2v) is 8.83. The van der Waals surface area contributed by atoms with Gasteiger partial charge in [-0.05, 0) is 37.1 Å². The van der Waals surface area contributed by atoms with Crippen molar-refractivity contribution in [1.82, 2.24) is 24.1 Å². The summed E-state index contributed by atoms with van der Waals surface area (Å²) < 4.78 is 43.2. The normalized spacial score (nSPS) is 14.8. The summed E-state index contributed by atoms with van der Waals surface area (Å²) in [5.41, 5.74) is -0.0148. The molecule has 1 aliphatic heterocycles. The highest BCUT2D eigenvalue weighted by atomic mass is 35.5. The van der Waals surface area contributed by atoms with E-state index in [1.165, 1.54) is 35.5 Å². The Morgan fingerprint density at radius 2 is 1.81 bits per heavy atom. The third-order valence-electron chi connectivity index (χ3n) is 6.17. The van der Waals surface area contributed by atoms with Gasteiger partial charge in [-0.1, -0.05) is 23.7 Å². The maximum atomic E-state index is 13.3. The smallest absolute Gasteiger partial charge is 0.338 e. The summed E-state index contributed by atoms with van der Waals surface area (Å²) in [6.45, 7) is 0.583. The maximum absolute atomic E-state index is 13.3. The van der Waals surface area contributed by atoms with Gasteiger partial charge in [0.25, 0.3) is 11.8 Å². The minimum absolute atomic E-state index is 0.0628. The highest BCUT2D eigenvalue weighted by Crippen LogP contribution is 2.33. The van der Waals surface area contributed by atoms with Gasteiger partial charge in [0, 0.05) is 25.5 Å². The fourth-order valence-electron chi connectivity index (χ4n) is 4.36. The number of amides is 2. The highest BCUT2D eigenvalue weighted by molar-refractivity contribution is 6.33. The number of likely N-dealkylation sites (tertiary alicyclic amines) is 1. The topological polar surface area (TPSA) is 84.5 Å². The first kappa shape index (κ1) is 23.9. The van der Waals surface area contributed by atoms with E-state index in [-0.39, 0.29) is 17.5 Å². The predicted molar refractivity (Wildman–Crippen MR) is 126 cm³/mol. The number of carbonyl (C=O) groups is 2. The summed E-state index contributed by atoms with van der Waals surface area (Å²) in [5, 5.41) is 7.55. The molecule has 186 valence electrons. The molecule has 1 N–H and O–H groups in total. The largest absolute Gasteiger partial charge is 0.417 e. The van der Waals surface area contributed by atoms with E-state index in [1.54, 1.807) is 33.6 Å². The van der Waals surface area contributed by atoms with E-state index in [1.807, 2.05) is 0 Å². The predicted octanol–water partition coefficient (Wildman–Crippen LogP) is 4.93. The molecule has 1 aromatic carbocycles. The third-order valence-corrected chi connectivity index (χ3v) is 6.46. The molecule has 0 radical (unpaired) electrons. The van der Waals surface area contributed by atoms with Gasteiger partial charge in [-0.2, -0.15) is 18.3 Å². The molecule has 4 aromatic rings. The van der Waals surface area contributed by atoms with E-state index in [9.17, 15) is 22.8 Å². The van der Waals surface area contributed by atoms with Gasteiger partial charge in [0.15, 0.2) is 5.65 Å². The van der Waals surface area contributed by atoms with Crippen LogP contribution in [0.4, 0.5) is 18.9 Å². The molecule has 0 unspecified atom stereocenters. The van der Waals surface area contributed by atoms with Crippen molar-refractivity contribution in [2.24, 2.45) is 0 Å². The molecule has 0 aliphatic carbocycles. The zero-order chi connectivity index (χ0) is 25.4. The lowest BCUT2D eigenvalue weighted by molar-refractivity contribution is -0.138. The number of piperidine rings is 1. The van der Waals surface area contributed by atoms with Gasteiger partial charge in [-0.3, -0.25) is 18.7 Å². The van der Waals surface area contributed by atoms with Crippen molar-refractivity contribution in [3.63, 3.8) is 0 Å².